The highest BCUT2D eigenvalue weighted by molar-refractivity contribution is 5.74. The Hall–Kier alpha value is -4.45. The van der Waals surface area contributed by atoms with Crippen molar-refractivity contribution >= 4 is 5.69 Å². The molecule has 2 N–H and O–H groups in total. The molecule has 6 nitrogen and oxygen atoms in total. The van der Waals surface area contributed by atoms with Crippen molar-refractivity contribution in [3.05, 3.63) is 109 Å². The van der Waals surface area contributed by atoms with Crippen LogP contribution in [0.4, 0.5) is 5.69 Å². The smallest absolute Gasteiger partial charge is 0.181 e. The minimum Gasteiger partial charge on any atom is -0.457 e. The second-order valence-corrected chi connectivity index (χ2v) is 7.21. The lowest BCUT2D eigenvalue weighted by molar-refractivity contribution is 0.483. The van der Waals surface area contributed by atoms with Crippen molar-refractivity contribution in [1.29, 1.82) is 0 Å². The lowest BCUT2D eigenvalue weighted by Gasteiger charge is -2.10. The molecule has 0 saturated carbocycles. The van der Waals surface area contributed by atoms with E-state index in [0.29, 0.717) is 18.2 Å². The maximum absolute atomic E-state index is 5.94. The summed E-state index contributed by atoms with van der Waals surface area (Å²) in [7, 11) is 0. The number of nitrogens with zero attached hydrogens (tertiary/aromatic N) is 3. The predicted octanol–water partition coefficient (Wildman–Crippen LogP) is 5.94. The van der Waals surface area contributed by atoms with Crippen LogP contribution in [0.3, 0.4) is 0 Å². The number of anilines is 1. The van der Waals surface area contributed by atoms with Gasteiger partial charge in [-0.25, -0.2) is 4.98 Å². The van der Waals surface area contributed by atoms with Gasteiger partial charge in [-0.1, -0.05) is 42.5 Å². The van der Waals surface area contributed by atoms with Gasteiger partial charge in [-0.05, 0) is 54.1 Å². The molecular weight excluding hydrogens is 398 g/mol. The number of hydrogen-bond donors (Lipinski definition) is 2. The maximum atomic E-state index is 5.94. The lowest BCUT2D eigenvalue weighted by atomic mass is 10.1. The first-order valence-electron chi connectivity index (χ1n) is 10.3. The van der Waals surface area contributed by atoms with E-state index in [-0.39, 0.29) is 0 Å². The van der Waals surface area contributed by atoms with E-state index in [4.69, 9.17) is 9.72 Å². The van der Waals surface area contributed by atoms with E-state index < -0.39 is 0 Å². The molecule has 0 radical (unpaired) electrons. The summed E-state index contributed by atoms with van der Waals surface area (Å²) in [6, 6.07) is 29.5. The quantitative estimate of drug-likeness (QED) is 0.341. The number of pyridine rings is 1. The van der Waals surface area contributed by atoms with Gasteiger partial charge in [0.25, 0.3) is 0 Å². The third kappa shape index (κ3) is 4.49. The van der Waals surface area contributed by atoms with Crippen molar-refractivity contribution in [3.63, 3.8) is 0 Å². The Labute approximate surface area is 186 Å². The fourth-order valence-corrected chi connectivity index (χ4v) is 3.38. The van der Waals surface area contributed by atoms with E-state index in [2.05, 4.69) is 20.5 Å². The van der Waals surface area contributed by atoms with Crippen molar-refractivity contribution in [3.8, 4) is 34.3 Å². The number of ether oxygens (including phenoxy) is 1. The summed E-state index contributed by atoms with van der Waals surface area (Å²) in [6.45, 7) is 0.694. The Morgan fingerprint density at radius 3 is 2.44 bits per heavy atom. The van der Waals surface area contributed by atoms with Crippen LogP contribution < -0.4 is 10.1 Å². The summed E-state index contributed by atoms with van der Waals surface area (Å²) in [5, 5.41) is 11.0. The number of aromatic amines is 1. The normalized spacial score (nSPS) is 10.6. The number of H-pyrrole nitrogens is 1. The van der Waals surface area contributed by atoms with E-state index in [0.717, 1.165) is 33.9 Å². The van der Waals surface area contributed by atoms with Crippen LogP contribution in [0, 0.1) is 0 Å². The molecule has 3 aromatic carbocycles. The molecule has 0 aliphatic heterocycles. The molecule has 2 aromatic heterocycles. The van der Waals surface area contributed by atoms with Crippen molar-refractivity contribution in [2.75, 3.05) is 5.32 Å². The average Bonchev–Trinajstić information content (AvgIpc) is 3.35. The van der Waals surface area contributed by atoms with Crippen LogP contribution in [-0.2, 0) is 6.54 Å². The third-order valence-electron chi connectivity index (χ3n) is 4.97. The van der Waals surface area contributed by atoms with Gasteiger partial charge in [0.1, 0.15) is 11.5 Å². The number of hydrogen-bond acceptors (Lipinski definition) is 5. The first-order valence-corrected chi connectivity index (χ1v) is 10.3. The second kappa shape index (κ2) is 9.14. The van der Waals surface area contributed by atoms with Crippen molar-refractivity contribution in [1.82, 2.24) is 20.2 Å². The first kappa shape index (κ1) is 19.5. The summed E-state index contributed by atoms with van der Waals surface area (Å²) >= 11 is 0. The van der Waals surface area contributed by atoms with Crippen LogP contribution in [0.25, 0.3) is 22.8 Å². The SMILES string of the molecule is c1ccc(Oc2cccc(-c3n[nH]c(-c4ccccc4NCc4ccncc4)n3)c2)cc1. The van der Waals surface area contributed by atoms with Gasteiger partial charge in [-0.2, -0.15) is 5.10 Å². The molecule has 0 spiro atoms. The summed E-state index contributed by atoms with van der Waals surface area (Å²) in [6.07, 6.45) is 3.59. The minimum atomic E-state index is 0.613. The van der Waals surface area contributed by atoms with E-state index >= 15 is 0 Å². The molecule has 156 valence electrons. The van der Waals surface area contributed by atoms with Gasteiger partial charge in [-0.3, -0.25) is 10.1 Å². The highest BCUT2D eigenvalue weighted by Gasteiger charge is 2.12. The average molecular weight is 419 g/mol. The van der Waals surface area contributed by atoms with Gasteiger partial charge in [0.2, 0.25) is 0 Å². The highest BCUT2D eigenvalue weighted by Crippen LogP contribution is 2.29. The Bertz CT molecular complexity index is 1300. The first-order chi connectivity index (χ1) is 15.8. The predicted molar refractivity (Wildman–Crippen MR) is 125 cm³/mol. The molecule has 0 amide bonds. The molecule has 5 rings (SSSR count). The van der Waals surface area contributed by atoms with Crippen LogP contribution >= 0.6 is 0 Å². The standard InChI is InChI=1S/C26H21N5O/c1-2-8-21(9-3-1)32-22-10-6-7-20(17-22)25-29-26(31-30-25)23-11-4-5-12-24(23)28-18-19-13-15-27-16-14-19/h1-17,28H,18H2,(H,29,30,31). The fourth-order valence-electron chi connectivity index (χ4n) is 3.38. The number of benzene rings is 3. The molecular formula is C26H21N5O. The maximum Gasteiger partial charge on any atom is 0.181 e. The summed E-state index contributed by atoms with van der Waals surface area (Å²) in [4.78, 5) is 8.81. The van der Waals surface area contributed by atoms with Crippen molar-refractivity contribution in [2.24, 2.45) is 0 Å². The third-order valence-corrected chi connectivity index (χ3v) is 4.97. The molecule has 5 aromatic rings. The molecule has 0 bridgehead atoms. The van der Waals surface area contributed by atoms with E-state index in [1.807, 2.05) is 91.0 Å². The molecule has 32 heavy (non-hydrogen) atoms. The van der Waals surface area contributed by atoms with Crippen LogP contribution in [0.15, 0.2) is 103 Å². The Kier molecular flexibility index (Phi) is 5.57. The zero-order valence-electron chi connectivity index (χ0n) is 17.3. The number of aromatic nitrogens is 4. The minimum absolute atomic E-state index is 0.613. The van der Waals surface area contributed by atoms with Gasteiger partial charge >= 0.3 is 0 Å². The molecule has 0 aliphatic rings. The van der Waals surface area contributed by atoms with Crippen LogP contribution in [-0.4, -0.2) is 20.2 Å². The zero-order valence-corrected chi connectivity index (χ0v) is 17.3. The summed E-state index contributed by atoms with van der Waals surface area (Å²) < 4.78 is 5.94. The van der Waals surface area contributed by atoms with Crippen LogP contribution in [0.5, 0.6) is 11.5 Å². The molecule has 0 fully saturated rings. The second-order valence-electron chi connectivity index (χ2n) is 7.21. The number of nitrogens with one attached hydrogen (secondary N) is 2. The molecule has 0 aliphatic carbocycles. The van der Waals surface area contributed by atoms with Crippen LogP contribution in [0.1, 0.15) is 5.56 Å². The molecule has 2 heterocycles. The Balaban J connectivity index is 1.37. The van der Waals surface area contributed by atoms with Crippen molar-refractivity contribution in [2.45, 2.75) is 6.54 Å². The number of rotatable bonds is 7. The number of para-hydroxylation sites is 2. The van der Waals surface area contributed by atoms with E-state index in [9.17, 15) is 0 Å². The Morgan fingerprint density at radius 1 is 0.781 bits per heavy atom. The molecule has 0 atom stereocenters. The van der Waals surface area contributed by atoms with Crippen molar-refractivity contribution < 1.29 is 4.74 Å². The molecule has 0 unspecified atom stereocenters. The largest absolute Gasteiger partial charge is 0.457 e. The fraction of sp³-hybridized carbons (Fsp3) is 0.0385. The van der Waals surface area contributed by atoms with Crippen LogP contribution in [0.2, 0.25) is 0 Å². The summed E-state index contributed by atoms with van der Waals surface area (Å²) in [5.74, 6) is 2.84. The van der Waals surface area contributed by atoms with Gasteiger partial charge in [-0.15, -0.1) is 0 Å². The van der Waals surface area contributed by atoms with Gasteiger partial charge in [0.15, 0.2) is 11.6 Å². The topological polar surface area (TPSA) is 75.7 Å². The summed E-state index contributed by atoms with van der Waals surface area (Å²) in [5.41, 5.74) is 3.97. The highest BCUT2D eigenvalue weighted by atomic mass is 16.5. The monoisotopic (exact) mass is 419 g/mol. The lowest BCUT2D eigenvalue weighted by Crippen LogP contribution is -2.01. The van der Waals surface area contributed by atoms with Gasteiger partial charge in [0, 0.05) is 35.8 Å². The van der Waals surface area contributed by atoms with E-state index in [1.165, 1.54) is 0 Å². The Morgan fingerprint density at radius 2 is 1.56 bits per heavy atom. The molecule has 6 heteroatoms. The zero-order chi connectivity index (χ0) is 21.6. The molecule has 0 saturated heterocycles. The van der Waals surface area contributed by atoms with E-state index in [1.54, 1.807) is 12.4 Å². The van der Waals surface area contributed by atoms with Gasteiger partial charge in [0.05, 0.1) is 0 Å². The van der Waals surface area contributed by atoms with Gasteiger partial charge < -0.3 is 10.1 Å².